The van der Waals surface area contributed by atoms with Crippen molar-refractivity contribution in [3.8, 4) is 23.5 Å². The zero-order chi connectivity index (χ0) is 70.2. The van der Waals surface area contributed by atoms with E-state index >= 15 is 0 Å². The summed E-state index contributed by atoms with van der Waals surface area (Å²) in [5.41, 5.74) is 8.78. The molecule has 2 saturated heterocycles. The van der Waals surface area contributed by atoms with Crippen LogP contribution in [0.1, 0.15) is 96.1 Å². The van der Waals surface area contributed by atoms with Gasteiger partial charge in [-0.1, -0.05) is 56.4 Å². The fourth-order valence-electron chi connectivity index (χ4n) is 10.9. The number of Topliss-reactive ketones (excluding diaryl/α,β-unsaturated/α-hetero) is 1. The van der Waals surface area contributed by atoms with E-state index in [1.54, 1.807) is 36.4 Å². The van der Waals surface area contributed by atoms with Crippen LogP contribution >= 0.6 is 0 Å². The Kier molecular flexibility index (Phi) is 27.1. The Morgan fingerprint density at radius 3 is 2.08 bits per heavy atom. The van der Waals surface area contributed by atoms with Crippen LogP contribution in [0.3, 0.4) is 0 Å². The Hall–Kier alpha value is -9.85. The molecular weight excluding hydrogens is 1290 g/mol. The highest BCUT2D eigenvalue weighted by Gasteiger charge is 2.44. The summed E-state index contributed by atoms with van der Waals surface area (Å²) >= 11 is 0. The maximum absolute atomic E-state index is 13.6. The largest absolute Gasteiger partial charge is 0.494 e. The number of nitrogens with zero attached hydrogens (tertiary/aromatic N) is 9. The Morgan fingerprint density at radius 1 is 0.745 bits per heavy atom. The Morgan fingerprint density at radius 2 is 1.41 bits per heavy atom. The minimum atomic E-state index is -4.60. The summed E-state index contributed by atoms with van der Waals surface area (Å²) in [6, 6.07) is 25.4. The summed E-state index contributed by atoms with van der Waals surface area (Å²) < 4.78 is 101. The fraction of sp³-hybridized carbons (Fsp3) is 0.470. The Bertz CT molecular complexity index is 3590. The average molecular weight is 1370 g/mol. The predicted octanol–water partition coefficient (Wildman–Crippen LogP) is 8.16. The molecule has 6 bridgehead atoms. The molecule has 4 atom stereocenters. The zero-order valence-corrected chi connectivity index (χ0v) is 55.0. The highest BCUT2D eigenvalue weighted by Crippen LogP contribution is 2.27. The van der Waals surface area contributed by atoms with Crippen LogP contribution in [0.2, 0.25) is 0 Å². The van der Waals surface area contributed by atoms with Crippen LogP contribution < -0.4 is 61.9 Å². The second-order valence-corrected chi connectivity index (χ2v) is 24.0. The number of amides is 2. The van der Waals surface area contributed by atoms with E-state index in [-0.39, 0.29) is 66.6 Å². The molecule has 2 amide bonds. The summed E-state index contributed by atoms with van der Waals surface area (Å²) in [5.74, 6) is -0.523. The zero-order valence-electron chi connectivity index (χ0n) is 55.0. The second-order valence-electron chi connectivity index (χ2n) is 24.0. The van der Waals surface area contributed by atoms with Crippen molar-refractivity contribution < 1.29 is 74.2 Å². The molecule has 26 nitrogen and oxygen atoms in total. The number of nitrogens with one attached hydrogen (secondary N) is 7. The van der Waals surface area contributed by atoms with Crippen molar-refractivity contribution >= 4 is 64.7 Å². The highest BCUT2D eigenvalue weighted by atomic mass is 19.4. The van der Waals surface area contributed by atoms with Crippen LogP contribution in [0.4, 0.5) is 61.5 Å². The third-order valence-corrected chi connectivity index (χ3v) is 15.7. The van der Waals surface area contributed by atoms with E-state index < -0.39 is 67.5 Å². The molecule has 0 spiro atoms. The number of hydrogen-bond donors (Lipinski definition) is 9. The van der Waals surface area contributed by atoms with Crippen LogP contribution in [0, 0.1) is 11.8 Å². The van der Waals surface area contributed by atoms with Gasteiger partial charge in [-0.25, -0.2) is 0 Å². The number of ether oxygens (including phenoxy) is 4. The smallest absolute Gasteiger partial charge is 0.422 e. The molecule has 10 N–H and O–H groups in total. The van der Waals surface area contributed by atoms with Gasteiger partial charge in [0.15, 0.2) is 13.2 Å². The van der Waals surface area contributed by atoms with Crippen LogP contribution in [0.25, 0.3) is 0 Å². The van der Waals surface area contributed by atoms with Gasteiger partial charge in [0.1, 0.15) is 17.3 Å². The minimum absolute atomic E-state index is 0.00185. The van der Waals surface area contributed by atoms with E-state index in [0.29, 0.717) is 62.8 Å². The first-order valence-corrected chi connectivity index (χ1v) is 32.3. The van der Waals surface area contributed by atoms with Gasteiger partial charge in [-0.2, -0.15) is 56.2 Å². The van der Waals surface area contributed by atoms with Crippen LogP contribution in [0.5, 0.6) is 23.5 Å². The number of benzene rings is 4. The minimum Gasteiger partial charge on any atom is -0.494 e. The number of likely N-dealkylation sites (tertiary alicyclic amines) is 1. The van der Waals surface area contributed by atoms with Gasteiger partial charge in [0.25, 0.3) is 11.8 Å². The maximum Gasteiger partial charge on any atom is 0.422 e. The van der Waals surface area contributed by atoms with Crippen molar-refractivity contribution in [1.29, 1.82) is 0 Å². The number of aromatic nitrogens is 6. The van der Waals surface area contributed by atoms with Gasteiger partial charge in [0.2, 0.25) is 23.8 Å². The van der Waals surface area contributed by atoms with Crippen molar-refractivity contribution in [2.45, 2.75) is 102 Å². The number of anilines is 6. The number of ketones is 1. The first kappa shape index (κ1) is 74.0. The first-order chi connectivity index (χ1) is 46.9. The average Bonchev–Trinajstić information content (AvgIpc) is 1.72. The van der Waals surface area contributed by atoms with Gasteiger partial charge in [0, 0.05) is 55.1 Å². The van der Waals surface area contributed by atoms with Crippen LogP contribution in [-0.4, -0.2) is 191 Å². The summed E-state index contributed by atoms with van der Waals surface area (Å²) in [4.78, 5) is 79.8. The molecule has 528 valence electrons. The molecule has 0 radical (unpaired) electrons. The number of guanidine groups is 1. The number of nitrogens with two attached hydrogens (primary N) is 1. The van der Waals surface area contributed by atoms with Crippen molar-refractivity contribution in [2.24, 2.45) is 17.6 Å². The van der Waals surface area contributed by atoms with Crippen molar-refractivity contribution in [3.63, 3.8) is 0 Å². The van der Waals surface area contributed by atoms with Gasteiger partial charge < -0.3 is 67.0 Å². The molecule has 5 aliphatic rings. The van der Waals surface area contributed by atoms with E-state index in [1.165, 1.54) is 12.1 Å². The Labute approximate surface area is 563 Å². The molecule has 32 heteroatoms. The standard InChI is InChI=1S/C36H46F3N9O4.C30H37F3N8O5/c1-46(2)35(47(3)4)48-21-28-29(22-48)42-31(50)25-13-15-26(16-14-25)41-33-43-32(44-34(45-33)52-23-36(37,38)39)40-20-24-11-17-27(18-12-24)51-19-9-7-5-6-8-10-30(28)49;31-30(32,33)18-46-29-40-27(36-15-19-5-11-22(12-6-19)45-14-4-2-1-3-13-34)39-28(41-29)37-21-9-7-20(8-10-21)25(42)38-24-17-35-16-23(24)26(43)44/h11-18,28-29H,5-10,19-23H2,1-4H3,(H2-,40,41,42,43,44,45,50);5-12,23-24,35H,1-4,13-18,34H2,(H,38,42)(H,43,44)(H2,36,37,39,40,41)/p+1/t28-,29-;23-,24-/m00/s1. The normalized spacial score (nSPS) is 17.6. The number of rotatable bonds is 19. The SMILES string of the molecule is CN(C)C(N1C[C@@H]2NC(=O)c3ccc(cc3)Nc3nc(nc(OCC(F)(F)F)n3)NCc3ccc(cc3)OCCCCCCCC(=O)[C@H]2C1)=[N+](C)C.NCCCCCCOc1ccc(CNc2nc(Nc3ccc(C(=O)N[C@H]4CNC[C@@H]4C(=O)O)cc3)nc(OCC(F)(F)F)n2)cc1. The number of carboxylic acid groups (broad SMARTS) is 1. The number of halogens is 6. The highest BCUT2D eigenvalue weighted by molar-refractivity contribution is 5.96. The predicted molar refractivity (Wildman–Crippen MR) is 353 cm³/mol. The molecule has 5 aliphatic heterocycles. The second kappa shape index (κ2) is 35.9. The van der Waals surface area contributed by atoms with E-state index in [2.05, 4.69) is 72.0 Å². The lowest BCUT2D eigenvalue weighted by Crippen LogP contribution is -2.46. The number of fused-ring (bicyclic) bond motifs is 2. The molecule has 98 heavy (non-hydrogen) atoms. The topological polar surface area (TPSA) is 322 Å². The monoisotopic (exact) mass is 1370 g/mol. The number of carbonyl (C=O) groups is 4. The summed E-state index contributed by atoms with van der Waals surface area (Å²) in [6.45, 7) is 0.797. The number of hydrogen-bond acceptors (Lipinski definition) is 20. The van der Waals surface area contributed by atoms with Crippen molar-refractivity contribution in [3.05, 3.63) is 119 Å². The summed E-state index contributed by atoms with van der Waals surface area (Å²) in [7, 11) is 7.81. The lowest BCUT2D eigenvalue weighted by Gasteiger charge is -2.21. The number of aliphatic carboxylic acids is 1. The fourth-order valence-corrected chi connectivity index (χ4v) is 10.9. The van der Waals surface area contributed by atoms with E-state index in [1.807, 2.05) is 86.2 Å². The van der Waals surface area contributed by atoms with Crippen molar-refractivity contribution in [1.82, 2.24) is 55.7 Å². The number of unbranched alkanes of at least 4 members (excludes halogenated alkanes) is 3. The molecule has 0 aliphatic carbocycles. The van der Waals surface area contributed by atoms with Crippen LogP contribution in [-0.2, 0) is 22.7 Å². The van der Waals surface area contributed by atoms with Crippen molar-refractivity contribution in [2.75, 3.05) is 109 Å². The molecule has 4 aromatic carbocycles. The van der Waals surface area contributed by atoms with E-state index in [0.717, 1.165) is 86.4 Å². The third kappa shape index (κ3) is 24.1. The molecule has 7 heterocycles. The maximum atomic E-state index is 13.6. The molecular formula is C66H84F6N17O9+. The molecule has 2 aromatic heterocycles. The van der Waals surface area contributed by atoms with Gasteiger partial charge in [-0.3, -0.25) is 33.6 Å². The number of alkyl halides is 6. The first-order valence-electron chi connectivity index (χ1n) is 32.3. The van der Waals surface area contributed by atoms with Gasteiger partial charge >= 0.3 is 36.3 Å². The van der Waals surface area contributed by atoms with Gasteiger partial charge in [0.05, 0.1) is 78.4 Å². The van der Waals surface area contributed by atoms with Gasteiger partial charge in [-0.15, -0.1) is 0 Å². The quantitative estimate of drug-likeness (QED) is 0.0121. The van der Waals surface area contributed by atoms with Gasteiger partial charge in [-0.05, 0) is 116 Å². The molecule has 2 fully saturated rings. The lowest BCUT2D eigenvalue weighted by molar-refractivity contribution is -0.475. The summed E-state index contributed by atoms with van der Waals surface area (Å²) in [6.07, 6.45) is -0.108. The molecule has 11 rings (SSSR count). The van der Waals surface area contributed by atoms with E-state index in [4.69, 9.17) is 24.7 Å². The summed E-state index contributed by atoms with van der Waals surface area (Å²) in [5, 5.41) is 29.9. The molecule has 0 unspecified atom stereocenters. The van der Waals surface area contributed by atoms with E-state index in [9.17, 15) is 50.6 Å². The molecule has 0 saturated carbocycles. The van der Waals surface area contributed by atoms with Crippen LogP contribution in [0.15, 0.2) is 97.1 Å². The third-order valence-electron chi connectivity index (χ3n) is 15.7. The number of carbonyl (C=O) groups excluding carboxylic acids is 3. The Balaban J connectivity index is 0.000000252. The lowest BCUT2D eigenvalue weighted by atomic mass is 9.94. The number of carboxylic acids is 1. The molecule has 6 aromatic rings.